The first-order chi connectivity index (χ1) is 10.3. The number of nitrogens with one attached hydrogen (secondary N) is 1. The number of rotatable bonds is 3. The van der Waals surface area contributed by atoms with Crippen LogP contribution in [0.25, 0.3) is 0 Å². The predicted molar refractivity (Wildman–Crippen MR) is 84.6 cm³/mol. The van der Waals surface area contributed by atoms with Crippen molar-refractivity contribution in [1.82, 2.24) is 5.32 Å². The summed E-state index contributed by atoms with van der Waals surface area (Å²) in [5.74, 6) is -0.0752. The van der Waals surface area contributed by atoms with E-state index < -0.39 is 0 Å². The number of carbonyl (C=O) groups is 1. The summed E-state index contributed by atoms with van der Waals surface area (Å²) in [5.41, 5.74) is 1.69. The Morgan fingerprint density at radius 3 is 2.33 bits per heavy atom. The average molecular weight is 279 g/mol. The number of anilines is 1. The number of amides is 1. The fraction of sp³-hybridized carbons (Fsp3) is 0.176. The molecule has 0 aliphatic carbocycles. The quantitative estimate of drug-likeness (QED) is 0.939. The van der Waals surface area contributed by atoms with Crippen LogP contribution in [0.3, 0.4) is 0 Å². The molecule has 4 nitrogen and oxygen atoms in total. The van der Waals surface area contributed by atoms with E-state index in [0.717, 1.165) is 5.69 Å². The predicted octanol–water partition coefficient (Wildman–Crippen LogP) is 2.68. The highest BCUT2D eigenvalue weighted by Gasteiger charge is 2.29. The summed E-state index contributed by atoms with van der Waals surface area (Å²) in [4.78, 5) is 12.2. The van der Waals surface area contributed by atoms with E-state index in [1.165, 1.54) is 0 Å². The van der Waals surface area contributed by atoms with Gasteiger partial charge in [-0.2, -0.15) is 5.10 Å². The van der Waals surface area contributed by atoms with Crippen LogP contribution >= 0.6 is 0 Å². The van der Waals surface area contributed by atoms with Crippen LogP contribution in [0, 0.1) is 0 Å². The van der Waals surface area contributed by atoms with Crippen LogP contribution in [0.15, 0.2) is 65.8 Å². The van der Waals surface area contributed by atoms with Crippen LogP contribution in [-0.2, 0) is 0 Å². The maximum Gasteiger partial charge on any atom is 0.251 e. The zero-order valence-corrected chi connectivity index (χ0v) is 11.8. The van der Waals surface area contributed by atoms with Crippen molar-refractivity contribution in [3.05, 3.63) is 66.2 Å². The Morgan fingerprint density at radius 2 is 1.67 bits per heavy atom. The van der Waals surface area contributed by atoms with E-state index in [1.54, 1.807) is 18.3 Å². The number of carbonyl (C=O) groups excluding carboxylic acids is 1. The normalized spacial score (nSPS) is 20.5. The van der Waals surface area contributed by atoms with Gasteiger partial charge in [0, 0.05) is 11.8 Å². The molecule has 2 atom stereocenters. The molecule has 2 aromatic carbocycles. The third-order valence-electron chi connectivity index (χ3n) is 3.61. The summed E-state index contributed by atoms with van der Waals surface area (Å²) in [6, 6.07) is 19.2. The molecule has 1 N–H and O–H groups in total. The van der Waals surface area contributed by atoms with Gasteiger partial charge >= 0.3 is 0 Å². The van der Waals surface area contributed by atoms with Crippen LogP contribution in [0.1, 0.15) is 17.3 Å². The van der Waals surface area contributed by atoms with E-state index in [1.807, 2.05) is 53.5 Å². The van der Waals surface area contributed by atoms with Gasteiger partial charge < -0.3 is 5.32 Å². The van der Waals surface area contributed by atoms with Crippen LogP contribution in [-0.4, -0.2) is 24.2 Å². The van der Waals surface area contributed by atoms with Crippen LogP contribution in [0.4, 0.5) is 5.69 Å². The third-order valence-corrected chi connectivity index (χ3v) is 3.61. The lowest BCUT2D eigenvalue weighted by atomic mass is 10.1. The van der Waals surface area contributed by atoms with E-state index in [0.29, 0.717) is 5.56 Å². The molecule has 1 aliphatic heterocycles. The van der Waals surface area contributed by atoms with E-state index in [-0.39, 0.29) is 18.0 Å². The molecule has 0 radical (unpaired) electrons. The summed E-state index contributed by atoms with van der Waals surface area (Å²) >= 11 is 0. The summed E-state index contributed by atoms with van der Waals surface area (Å²) < 4.78 is 0. The summed E-state index contributed by atoms with van der Waals surface area (Å²) in [7, 11) is 0. The molecule has 0 spiro atoms. The first kappa shape index (κ1) is 13.4. The minimum Gasteiger partial charge on any atom is -0.342 e. The number of hydrazone groups is 1. The Bertz CT molecular complexity index is 640. The maximum absolute atomic E-state index is 12.2. The maximum atomic E-state index is 12.2. The first-order valence-corrected chi connectivity index (χ1v) is 7.00. The number of nitrogens with zero attached hydrogens (tertiary/aromatic N) is 2. The highest BCUT2D eigenvalue weighted by Crippen LogP contribution is 2.21. The third kappa shape index (κ3) is 2.79. The van der Waals surface area contributed by atoms with E-state index in [4.69, 9.17) is 0 Å². The van der Waals surface area contributed by atoms with Crippen molar-refractivity contribution >= 4 is 17.8 Å². The summed E-state index contributed by atoms with van der Waals surface area (Å²) in [6.07, 6.45) is 1.79. The second-order valence-corrected chi connectivity index (χ2v) is 5.05. The van der Waals surface area contributed by atoms with Crippen molar-refractivity contribution in [2.75, 3.05) is 5.01 Å². The molecule has 1 aliphatic rings. The zero-order valence-electron chi connectivity index (χ0n) is 11.8. The largest absolute Gasteiger partial charge is 0.342 e. The van der Waals surface area contributed by atoms with Gasteiger partial charge in [0.2, 0.25) is 0 Å². The number of hydrogen-bond acceptors (Lipinski definition) is 3. The molecule has 3 rings (SSSR count). The highest BCUT2D eigenvalue weighted by atomic mass is 16.1. The lowest BCUT2D eigenvalue weighted by Crippen LogP contribution is -2.45. The van der Waals surface area contributed by atoms with Crippen molar-refractivity contribution in [2.45, 2.75) is 19.0 Å². The van der Waals surface area contributed by atoms with Gasteiger partial charge in [-0.15, -0.1) is 0 Å². The van der Waals surface area contributed by atoms with Crippen molar-refractivity contribution in [3.63, 3.8) is 0 Å². The average Bonchev–Trinajstić information content (AvgIpc) is 2.90. The minimum atomic E-state index is -0.0992. The van der Waals surface area contributed by atoms with Gasteiger partial charge in [0.05, 0.1) is 17.8 Å². The topological polar surface area (TPSA) is 44.7 Å². The monoisotopic (exact) mass is 279 g/mol. The second kappa shape index (κ2) is 5.79. The molecule has 2 unspecified atom stereocenters. The highest BCUT2D eigenvalue weighted by molar-refractivity contribution is 5.96. The van der Waals surface area contributed by atoms with Crippen molar-refractivity contribution in [1.29, 1.82) is 0 Å². The van der Waals surface area contributed by atoms with Gasteiger partial charge in [0.1, 0.15) is 0 Å². The molecule has 0 bridgehead atoms. The molecule has 0 saturated heterocycles. The lowest BCUT2D eigenvalue weighted by Gasteiger charge is -2.24. The van der Waals surface area contributed by atoms with Gasteiger partial charge in [0.15, 0.2) is 0 Å². The molecule has 21 heavy (non-hydrogen) atoms. The van der Waals surface area contributed by atoms with E-state index in [2.05, 4.69) is 17.3 Å². The second-order valence-electron chi connectivity index (χ2n) is 5.05. The standard InChI is InChI=1S/C17H17N3O/c1-13-16(19-17(21)14-8-4-2-5-9-14)12-18-20(13)15-10-6-3-7-11-15/h2-13,16H,1H3,(H,19,21). The van der Waals surface area contributed by atoms with E-state index in [9.17, 15) is 4.79 Å². The molecule has 0 fully saturated rings. The van der Waals surface area contributed by atoms with Gasteiger partial charge in [-0.1, -0.05) is 36.4 Å². The molecule has 0 aromatic heterocycles. The van der Waals surface area contributed by atoms with Crippen molar-refractivity contribution in [2.24, 2.45) is 5.10 Å². The minimum absolute atomic E-state index is 0.0752. The summed E-state index contributed by atoms with van der Waals surface area (Å²) in [5, 5.41) is 9.35. The van der Waals surface area contributed by atoms with Gasteiger partial charge in [-0.3, -0.25) is 9.80 Å². The number of hydrogen-bond donors (Lipinski definition) is 1. The Morgan fingerprint density at radius 1 is 1.05 bits per heavy atom. The Balaban J connectivity index is 1.69. The molecule has 106 valence electrons. The number of para-hydroxylation sites is 1. The first-order valence-electron chi connectivity index (χ1n) is 7.00. The number of benzene rings is 2. The lowest BCUT2D eigenvalue weighted by molar-refractivity contribution is 0.0945. The molecule has 0 saturated carbocycles. The van der Waals surface area contributed by atoms with Crippen molar-refractivity contribution < 1.29 is 4.79 Å². The van der Waals surface area contributed by atoms with Gasteiger partial charge in [0.25, 0.3) is 5.91 Å². The Labute approximate surface area is 124 Å². The van der Waals surface area contributed by atoms with Gasteiger partial charge in [-0.25, -0.2) is 0 Å². The molecule has 2 aromatic rings. The Kier molecular flexibility index (Phi) is 3.69. The molecule has 1 heterocycles. The van der Waals surface area contributed by atoms with Crippen LogP contribution in [0.2, 0.25) is 0 Å². The molecular formula is C17H17N3O. The molecular weight excluding hydrogens is 262 g/mol. The SMILES string of the molecule is CC1C(NC(=O)c2ccccc2)C=NN1c1ccccc1. The van der Waals surface area contributed by atoms with Crippen LogP contribution < -0.4 is 10.3 Å². The smallest absolute Gasteiger partial charge is 0.251 e. The fourth-order valence-electron chi connectivity index (χ4n) is 2.39. The Hall–Kier alpha value is -2.62. The van der Waals surface area contributed by atoms with E-state index >= 15 is 0 Å². The zero-order chi connectivity index (χ0) is 14.7. The fourth-order valence-corrected chi connectivity index (χ4v) is 2.39. The van der Waals surface area contributed by atoms with Crippen LogP contribution in [0.5, 0.6) is 0 Å². The van der Waals surface area contributed by atoms with Gasteiger partial charge in [-0.05, 0) is 31.2 Å². The van der Waals surface area contributed by atoms with Crippen molar-refractivity contribution in [3.8, 4) is 0 Å². The summed E-state index contributed by atoms with van der Waals surface area (Å²) in [6.45, 7) is 2.05. The molecule has 4 heteroatoms. The molecule has 1 amide bonds.